The predicted molar refractivity (Wildman–Crippen MR) is 93.1 cm³/mol. The zero-order valence-electron chi connectivity index (χ0n) is 14.4. The molecule has 1 saturated heterocycles. The van der Waals surface area contributed by atoms with Gasteiger partial charge in [-0.1, -0.05) is 43.2 Å². The van der Waals surface area contributed by atoms with Gasteiger partial charge in [0.05, 0.1) is 5.60 Å². The van der Waals surface area contributed by atoms with Crippen LogP contribution in [0.5, 0.6) is 0 Å². The zero-order chi connectivity index (χ0) is 16.7. The highest BCUT2D eigenvalue weighted by molar-refractivity contribution is 5.76. The van der Waals surface area contributed by atoms with E-state index >= 15 is 0 Å². The van der Waals surface area contributed by atoms with E-state index < -0.39 is 5.60 Å². The number of benzene rings is 1. The smallest absolute Gasteiger partial charge is 0.224 e. The second-order valence-corrected chi connectivity index (χ2v) is 6.92. The number of rotatable bonds is 6. The Bertz CT molecular complexity index is 479. The van der Waals surface area contributed by atoms with Crippen molar-refractivity contribution < 1.29 is 9.90 Å². The number of carbonyl (C=O) groups is 1. The average molecular weight is 318 g/mol. The van der Waals surface area contributed by atoms with Gasteiger partial charge in [-0.05, 0) is 32.3 Å². The summed E-state index contributed by atoms with van der Waals surface area (Å²) in [6.45, 7) is 6.04. The molecule has 2 rings (SSSR count). The molecule has 0 saturated carbocycles. The third kappa shape index (κ3) is 5.63. The maximum Gasteiger partial charge on any atom is 0.224 e. The van der Waals surface area contributed by atoms with Gasteiger partial charge in [0, 0.05) is 32.1 Å². The van der Waals surface area contributed by atoms with Gasteiger partial charge in [-0.25, -0.2) is 0 Å². The van der Waals surface area contributed by atoms with Crippen molar-refractivity contribution in [1.29, 1.82) is 0 Å². The fraction of sp³-hybridized carbons (Fsp3) is 0.632. The Morgan fingerprint density at radius 2 is 1.83 bits per heavy atom. The Balaban J connectivity index is 1.80. The van der Waals surface area contributed by atoms with Crippen LogP contribution in [0.15, 0.2) is 30.3 Å². The van der Waals surface area contributed by atoms with Crippen molar-refractivity contribution in [3.05, 3.63) is 35.9 Å². The molecule has 4 heteroatoms. The molecule has 1 aliphatic rings. The first kappa shape index (κ1) is 18.0. The van der Waals surface area contributed by atoms with Crippen molar-refractivity contribution in [2.75, 3.05) is 19.6 Å². The van der Waals surface area contributed by atoms with E-state index in [0.29, 0.717) is 13.0 Å². The van der Waals surface area contributed by atoms with Gasteiger partial charge in [0.2, 0.25) is 5.91 Å². The number of amides is 1. The Kier molecular flexibility index (Phi) is 6.60. The topological polar surface area (TPSA) is 52.6 Å². The molecule has 1 aromatic rings. The number of hydrogen-bond donors (Lipinski definition) is 2. The van der Waals surface area contributed by atoms with E-state index in [4.69, 9.17) is 0 Å². The lowest BCUT2D eigenvalue weighted by atomic mass is 9.95. The third-order valence-corrected chi connectivity index (χ3v) is 4.63. The molecule has 0 aliphatic carbocycles. The molecule has 1 aliphatic heterocycles. The summed E-state index contributed by atoms with van der Waals surface area (Å²) in [6, 6.07) is 9.70. The quantitative estimate of drug-likeness (QED) is 0.848. The van der Waals surface area contributed by atoms with Gasteiger partial charge in [0.25, 0.3) is 0 Å². The van der Waals surface area contributed by atoms with E-state index in [0.717, 1.165) is 31.5 Å². The number of likely N-dealkylation sites (tertiary alicyclic amines) is 1. The molecule has 0 spiro atoms. The van der Waals surface area contributed by atoms with Crippen LogP contribution in [0.25, 0.3) is 0 Å². The number of carbonyl (C=O) groups excluding carboxylic acids is 1. The zero-order valence-corrected chi connectivity index (χ0v) is 14.4. The molecule has 2 N–H and O–H groups in total. The molecule has 1 aromatic carbocycles. The van der Waals surface area contributed by atoms with Crippen LogP contribution >= 0.6 is 0 Å². The van der Waals surface area contributed by atoms with Crippen LogP contribution in [0, 0.1) is 0 Å². The van der Waals surface area contributed by atoms with Crippen molar-refractivity contribution >= 4 is 5.91 Å². The van der Waals surface area contributed by atoms with Crippen LogP contribution < -0.4 is 5.32 Å². The molecule has 4 nitrogen and oxygen atoms in total. The fourth-order valence-corrected chi connectivity index (χ4v) is 3.06. The fourth-order valence-electron chi connectivity index (χ4n) is 3.06. The number of nitrogens with one attached hydrogen (secondary N) is 1. The molecule has 23 heavy (non-hydrogen) atoms. The van der Waals surface area contributed by atoms with E-state index in [1.54, 1.807) is 6.92 Å². The van der Waals surface area contributed by atoms with Crippen molar-refractivity contribution in [2.24, 2.45) is 0 Å². The minimum Gasteiger partial charge on any atom is -0.384 e. The largest absolute Gasteiger partial charge is 0.384 e. The highest BCUT2D eigenvalue weighted by Crippen LogP contribution is 2.19. The monoisotopic (exact) mass is 318 g/mol. The summed E-state index contributed by atoms with van der Waals surface area (Å²) >= 11 is 0. The summed E-state index contributed by atoms with van der Waals surface area (Å²) in [5.41, 5.74) is -0.0419. The molecule has 0 bridgehead atoms. The lowest BCUT2D eigenvalue weighted by Crippen LogP contribution is -2.42. The SMILES string of the molecule is C[C@H](CC(=O)N1CCCCCC1)NC[C@](C)(O)c1ccccc1. The van der Waals surface area contributed by atoms with Crippen molar-refractivity contribution in [2.45, 2.75) is 57.6 Å². The Labute approximate surface area is 139 Å². The minimum absolute atomic E-state index is 0.0564. The summed E-state index contributed by atoms with van der Waals surface area (Å²) in [6.07, 6.45) is 5.20. The number of aliphatic hydroxyl groups is 1. The second-order valence-electron chi connectivity index (χ2n) is 6.92. The van der Waals surface area contributed by atoms with Crippen LogP contribution in [0.4, 0.5) is 0 Å². The van der Waals surface area contributed by atoms with E-state index in [1.165, 1.54) is 12.8 Å². The second kappa shape index (κ2) is 8.46. The molecule has 0 radical (unpaired) electrons. The van der Waals surface area contributed by atoms with Crippen molar-refractivity contribution in [3.8, 4) is 0 Å². The molecular formula is C19H30N2O2. The molecular weight excluding hydrogens is 288 g/mol. The Morgan fingerprint density at radius 3 is 2.43 bits per heavy atom. The van der Waals surface area contributed by atoms with E-state index in [-0.39, 0.29) is 11.9 Å². The van der Waals surface area contributed by atoms with Crippen LogP contribution in [0.3, 0.4) is 0 Å². The Hall–Kier alpha value is -1.39. The van der Waals surface area contributed by atoms with Gasteiger partial charge in [-0.15, -0.1) is 0 Å². The average Bonchev–Trinajstić information content (AvgIpc) is 2.83. The molecule has 2 atom stereocenters. The predicted octanol–water partition coefficient (Wildman–Crippen LogP) is 2.66. The summed E-state index contributed by atoms with van der Waals surface area (Å²) in [5, 5.41) is 13.9. The third-order valence-electron chi connectivity index (χ3n) is 4.63. The molecule has 1 fully saturated rings. The highest BCUT2D eigenvalue weighted by atomic mass is 16.3. The maximum absolute atomic E-state index is 12.4. The van der Waals surface area contributed by atoms with Gasteiger partial charge in [0.1, 0.15) is 0 Å². The maximum atomic E-state index is 12.4. The van der Waals surface area contributed by atoms with E-state index in [9.17, 15) is 9.90 Å². The van der Waals surface area contributed by atoms with Crippen LogP contribution in [0.1, 0.15) is 51.5 Å². The first-order valence-corrected chi connectivity index (χ1v) is 8.78. The summed E-state index contributed by atoms with van der Waals surface area (Å²) < 4.78 is 0. The van der Waals surface area contributed by atoms with Gasteiger partial charge < -0.3 is 15.3 Å². The van der Waals surface area contributed by atoms with Crippen LogP contribution in [0.2, 0.25) is 0 Å². The van der Waals surface area contributed by atoms with E-state index in [1.807, 2.05) is 42.2 Å². The summed E-state index contributed by atoms with van der Waals surface area (Å²) in [5.74, 6) is 0.228. The standard InChI is InChI=1S/C19H30N2O2/c1-16(14-18(22)21-12-8-3-4-9-13-21)20-15-19(2,23)17-10-6-5-7-11-17/h5-7,10-11,16,20,23H,3-4,8-9,12-15H2,1-2H3/t16-,19+/m1/s1. The minimum atomic E-state index is -0.929. The van der Waals surface area contributed by atoms with Crippen LogP contribution in [-0.4, -0.2) is 41.6 Å². The number of nitrogens with zero attached hydrogens (tertiary/aromatic N) is 1. The molecule has 0 unspecified atom stereocenters. The van der Waals surface area contributed by atoms with Gasteiger partial charge in [-0.2, -0.15) is 0 Å². The molecule has 128 valence electrons. The molecule has 1 heterocycles. The summed E-state index contributed by atoms with van der Waals surface area (Å²) in [7, 11) is 0. The van der Waals surface area contributed by atoms with Crippen molar-refractivity contribution in [1.82, 2.24) is 10.2 Å². The molecule has 1 amide bonds. The van der Waals surface area contributed by atoms with Gasteiger partial charge in [0.15, 0.2) is 0 Å². The molecule has 0 aromatic heterocycles. The highest BCUT2D eigenvalue weighted by Gasteiger charge is 2.24. The summed E-state index contributed by atoms with van der Waals surface area (Å²) in [4.78, 5) is 14.4. The van der Waals surface area contributed by atoms with E-state index in [2.05, 4.69) is 5.32 Å². The van der Waals surface area contributed by atoms with Gasteiger partial charge in [-0.3, -0.25) is 4.79 Å². The number of hydrogen-bond acceptors (Lipinski definition) is 3. The Morgan fingerprint density at radius 1 is 1.22 bits per heavy atom. The first-order valence-electron chi connectivity index (χ1n) is 8.78. The lowest BCUT2D eigenvalue weighted by Gasteiger charge is -2.27. The normalized spacial score (nSPS) is 19.7. The first-order chi connectivity index (χ1) is 11.0. The lowest BCUT2D eigenvalue weighted by molar-refractivity contribution is -0.131. The van der Waals surface area contributed by atoms with Gasteiger partial charge >= 0.3 is 0 Å². The van der Waals surface area contributed by atoms with Crippen molar-refractivity contribution in [3.63, 3.8) is 0 Å². The van der Waals surface area contributed by atoms with Crippen LogP contribution in [-0.2, 0) is 10.4 Å².